The number of nitrogens with one attached hydrogen (secondary N) is 2. The van der Waals surface area contributed by atoms with Crippen LogP contribution in [0.1, 0.15) is 31.8 Å². The minimum absolute atomic E-state index is 0.140. The molecule has 1 heterocycles. The third-order valence-electron chi connectivity index (χ3n) is 5.51. The van der Waals surface area contributed by atoms with Gasteiger partial charge in [0, 0.05) is 22.3 Å². The summed E-state index contributed by atoms with van der Waals surface area (Å²) in [4.78, 5) is 26.4. The van der Waals surface area contributed by atoms with Crippen LogP contribution >= 0.6 is 0 Å². The number of fused-ring (bicyclic) bond motifs is 5. The smallest absolute Gasteiger partial charge is 0.195 e. The van der Waals surface area contributed by atoms with Crippen LogP contribution < -0.4 is 22.1 Å². The third kappa shape index (κ3) is 3.33. The molecule has 4 aromatic carbocycles. The van der Waals surface area contributed by atoms with Gasteiger partial charge < -0.3 is 22.1 Å². The fraction of sp³-hybridized carbons (Fsp3) is 0. The maximum absolute atomic E-state index is 13.4. The molecular weight excluding hydrogens is 400 g/mol. The lowest BCUT2D eigenvalue weighted by Gasteiger charge is -2.19. The number of nitrogens with two attached hydrogens (primary N) is 2. The summed E-state index contributed by atoms with van der Waals surface area (Å²) in [5.74, 6) is -0.290. The summed E-state index contributed by atoms with van der Waals surface area (Å²) in [6.45, 7) is 0. The first-order valence-electron chi connectivity index (χ1n) is 10.1. The monoisotopic (exact) mass is 420 g/mol. The summed E-state index contributed by atoms with van der Waals surface area (Å²) in [6, 6.07) is 24.6. The van der Waals surface area contributed by atoms with Crippen LogP contribution in [-0.2, 0) is 0 Å². The van der Waals surface area contributed by atoms with Crippen molar-refractivity contribution in [2.75, 3.05) is 22.1 Å². The number of hydrogen-bond acceptors (Lipinski definition) is 6. The number of carbonyl (C=O) groups is 2. The van der Waals surface area contributed by atoms with E-state index in [-0.39, 0.29) is 11.6 Å². The van der Waals surface area contributed by atoms with Gasteiger partial charge in [0.2, 0.25) is 0 Å². The molecule has 0 saturated heterocycles. The second-order valence-electron chi connectivity index (χ2n) is 7.61. The van der Waals surface area contributed by atoms with Crippen LogP contribution in [0.5, 0.6) is 0 Å². The lowest BCUT2D eigenvalue weighted by atomic mass is 10.00. The van der Waals surface area contributed by atoms with E-state index in [1.807, 2.05) is 24.3 Å². The Balaban J connectivity index is 1.75. The van der Waals surface area contributed by atoms with E-state index in [2.05, 4.69) is 10.6 Å². The Labute approximate surface area is 184 Å². The van der Waals surface area contributed by atoms with Crippen molar-refractivity contribution in [3.05, 3.63) is 107 Å². The van der Waals surface area contributed by atoms with Crippen LogP contribution in [0.4, 0.5) is 34.1 Å². The van der Waals surface area contributed by atoms with Crippen LogP contribution in [0.2, 0.25) is 0 Å². The summed E-state index contributed by atoms with van der Waals surface area (Å²) in [6.07, 6.45) is 0. The highest BCUT2D eigenvalue weighted by atomic mass is 16.1. The van der Waals surface area contributed by atoms with Gasteiger partial charge in [-0.1, -0.05) is 36.4 Å². The Kier molecular flexibility index (Phi) is 4.60. The highest BCUT2D eigenvalue weighted by molar-refractivity contribution is 6.15. The third-order valence-corrected chi connectivity index (χ3v) is 5.51. The van der Waals surface area contributed by atoms with E-state index in [9.17, 15) is 9.59 Å². The molecule has 0 saturated carbocycles. The lowest BCUT2D eigenvalue weighted by Crippen LogP contribution is -2.09. The van der Waals surface area contributed by atoms with Crippen molar-refractivity contribution in [3.8, 4) is 0 Å². The van der Waals surface area contributed by atoms with Gasteiger partial charge in [-0.2, -0.15) is 0 Å². The molecule has 5 rings (SSSR count). The van der Waals surface area contributed by atoms with Gasteiger partial charge >= 0.3 is 0 Å². The van der Waals surface area contributed by atoms with Crippen LogP contribution in [0, 0.1) is 0 Å². The molecule has 4 bridgehead atoms. The van der Waals surface area contributed by atoms with Gasteiger partial charge in [0.1, 0.15) is 0 Å². The molecule has 0 unspecified atom stereocenters. The van der Waals surface area contributed by atoms with Crippen LogP contribution in [-0.4, -0.2) is 11.6 Å². The van der Waals surface area contributed by atoms with Gasteiger partial charge in [-0.15, -0.1) is 0 Å². The second kappa shape index (κ2) is 7.59. The first-order valence-corrected chi connectivity index (χ1v) is 10.1. The number of benzene rings is 4. The van der Waals surface area contributed by atoms with Crippen molar-refractivity contribution < 1.29 is 9.59 Å². The molecule has 0 atom stereocenters. The molecule has 32 heavy (non-hydrogen) atoms. The number of nitrogen functional groups attached to an aromatic ring is 2. The normalized spacial score (nSPS) is 12.1. The molecule has 6 heteroatoms. The summed E-state index contributed by atoms with van der Waals surface area (Å²) in [5.41, 5.74) is 17.6. The molecule has 6 nitrogen and oxygen atoms in total. The molecular formula is C26H20N4O2. The topological polar surface area (TPSA) is 110 Å². The second-order valence-corrected chi connectivity index (χ2v) is 7.61. The summed E-state index contributed by atoms with van der Waals surface area (Å²) < 4.78 is 0. The number of para-hydroxylation sites is 1. The zero-order valence-electron chi connectivity index (χ0n) is 17.1. The fourth-order valence-electron chi connectivity index (χ4n) is 3.78. The highest BCUT2D eigenvalue weighted by Crippen LogP contribution is 2.37. The Bertz CT molecular complexity index is 1380. The molecule has 4 aromatic rings. The molecule has 1 aliphatic rings. The maximum atomic E-state index is 13.4. The largest absolute Gasteiger partial charge is 0.397 e. The highest BCUT2D eigenvalue weighted by Gasteiger charge is 2.21. The standard InChI is InChI=1S/C26H20N4O2/c27-19-11-9-16-13-22(19)29-21-8-4-7-18(26(32)15-5-2-1-3-6-15)24(21)30-23-14-17(25(16)31)10-12-20(23)28/h1-14,29-30H,27-28H2. The summed E-state index contributed by atoms with van der Waals surface area (Å²) in [5, 5.41) is 6.59. The van der Waals surface area contributed by atoms with Crippen LogP contribution in [0.15, 0.2) is 84.9 Å². The van der Waals surface area contributed by atoms with E-state index in [0.29, 0.717) is 56.4 Å². The van der Waals surface area contributed by atoms with Gasteiger partial charge in [0.05, 0.1) is 34.1 Å². The van der Waals surface area contributed by atoms with Crippen molar-refractivity contribution in [3.63, 3.8) is 0 Å². The van der Waals surface area contributed by atoms with E-state index < -0.39 is 0 Å². The number of rotatable bonds is 2. The number of ketones is 2. The van der Waals surface area contributed by atoms with Gasteiger partial charge in [0.15, 0.2) is 11.6 Å². The average molecular weight is 420 g/mol. The van der Waals surface area contributed by atoms with Crippen molar-refractivity contribution >= 4 is 45.7 Å². The van der Waals surface area contributed by atoms with E-state index in [1.54, 1.807) is 60.7 Å². The summed E-state index contributed by atoms with van der Waals surface area (Å²) >= 11 is 0. The van der Waals surface area contributed by atoms with Crippen LogP contribution in [0.25, 0.3) is 0 Å². The molecule has 156 valence electrons. The number of carbonyl (C=O) groups excluding carboxylic acids is 2. The zero-order chi connectivity index (χ0) is 22.2. The molecule has 6 N–H and O–H groups in total. The minimum Gasteiger partial charge on any atom is -0.397 e. The number of hydrogen-bond donors (Lipinski definition) is 4. The van der Waals surface area contributed by atoms with Crippen molar-refractivity contribution in [2.24, 2.45) is 0 Å². The van der Waals surface area contributed by atoms with Crippen molar-refractivity contribution in [1.82, 2.24) is 0 Å². The molecule has 0 spiro atoms. The predicted octanol–water partition coefficient (Wildman–Crippen LogP) is 5.11. The van der Waals surface area contributed by atoms with Gasteiger partial charge in [-0.05, 0) is 48.5 Å². The Morgan fingerprint density at radius 1 is 0.656 bits per heavy atom. The van der Waals surface area contributed by atoms with E-state index in [4.69, 9.17) is 11.5 Å². The Hall–Kier alpha value is -4.58. The van der Waals surface area contributed by atoms with E-state index >= 15 is 0 Å². The van der Waals surface area contributed by atoms with E-state index in [0.717, 1.165) is 0 Å². The molecule has 1 aliphatic heterocycles. The predicted molar refractivity (Wildman–Crippen MR) is 128 cm³/mol. The first kappa shape index (κ1) is 19.4. The minimum atomic E-state index is -0.150. The van der Waals surface area contributed by atoms with Crippen molar-refractivity contribution in [1.29, 1.82) is 0 Å². The van der Waals surface area contributed by atoms with E-state index in [1.165, 1.54) is 0 Å². The molecule has 0 aromatic heterocycles. The average Bonchev–Trinajstić information content (AvgIpc) is 2.83. The quantitative estimate of drug-likeness (QED) is 0.233. The molecule has 0 radical (unpaired) electrons. The summed E-state index contributed by atoms with van der Waals surface area (Å²) in [7, 11) is 0. The number of anilines is 6. The van der Waals surface area contributed by atoms with Crippen LogP contribution in [0.3, 0.4) is 0 Å². The Morgan fingerprint density at radius 3 is 1.94 bits per heavy atom. The zero-order valence-corrected chi connectivity index (χ0v) is 17.1. The lowest BCUT2D eigenvalue weighted by molar-refractivity contribution is 0.103. The van der Waals surface area contributed by atoms with Gasteiger partial charge in [-0.25, -0.2) is 0 Å². The first-order chi connectivity index (χ1) is 15.5. The maximum Gasteiger partial charge on any atom is 0.195 e. The Morgan fingerprint density at radius 2 is 1.28 bits per heavy atom. The molecule has 0 fully saturated rings. The van der Waals surface area contributed by atoms with Gasteiger partial charge in [-0.3, -0.25) is 9.59 Å². The fourth-order valence-corrected chi connectivity index (χ4v) is 3.78. The SMILES string of the molecule is Nc1ccc2cc1Nc1cccc(C(=O)c3ccccc3)c1Nc1cc(ccc1N)C2=O. The van der Waals surface area contributed by atoms with Gasteiger partial charge in [0.25, 0.3) is 0 Å². The molecule has 0 aliphatic carbocycles. The van der Waals surface area contributed by atoms with Crippen molar-refractivity contribution in [2.45, 2.75) is 0 Å². The molecule has 0 amide bonds.